The number of imidazole rings is 1. The van der Waals surface area contributed by atoms with E-state index in [2.05, 4.69) is 4.98 Å². The maximum absolute atomic E-state index is 12.4. The molecule has 0 aliphatic heterocycles. The average Bonchev–Trinajstić information content (AvgIpc) is 2.41. The summed E-state index contributed by atoms with van der Waals surface area (Å²) < 4.78 is 38.4. The molecule has 2 rings (SSSR count). The van der Waals surface area contributed by atoms with Crippen LogP contribution in [-0.4, -0.2) is 16.5 Å². The Morgan fingerprint density at radius 3 is 2.50 bits per heavy atom. The third-order valence-electron chi connectivity index (χ3n) is 2.31. The Bertz CT molecular complexity index is 575. The molecule has 1 aromatic carbocycles. The van der Waals surface area contributed by atoms with Gasteiger partial charge >= 0.3 is 64.1 Å². The van der Waals surface area contributed by atoms with Gasteiger partial charge in [0.05, 0.1) is 11.0 Å². The third kappa shape index (κ3) is 2.45. The Hall–Kier alpha value is -0.0187. The Labute approximate surface area is 132 Å². The van der Waals surface area contributed by atoms with Gasteiger partial charge in [-0.3, -0.25) is 4.57 Å². The van der Waals surface area contributed by atoms with E-state index in [1.807, 2.05) is 0 Å². The Kier molecular flexibility index (Phi) is 4.12. The van der Waals surface area contributed by atoms with E-state index < -0.39 is 18.1 Å². The molecular weight excluding hydrogens is 247 g/mol. The molecule has 3 nitrogen and oxygen atoms in total. The summed E-state index contributed by atoms with van der Waals surface area (Å²) in [6, 6.07) is 3.22. The number of hydrogen-bond donors (Lipinski definition) is 1. The van der Waals surface area contributed by atoms with Gasteiger partial charge in [-0.2, -0.15) is 0 Å². The first kappa shape index (κ1) is 14.0. The Balaban J connectivity index is 0.00000128. The predicted molar refractivity (Wildman–Crippen MR) is 52.3 cm³/mol. The fourth-order valence-electron chi connectivity index (χ4n) is 1.44. The molecule has 0 amide bonds. The van der Waals surface area contributed by atoms with Crippen LogP contribution in [-0.2, 0) is 7.05 Å². The maximum Gasteiger partial charge on any atom is 1.00 e. The van der Waals surface area contributed by atoms with Gasteiger partial charge in [0.1, 0.15) is 0 Å². The number of nitrogens with one attached hydrogen (secondary N) is 1. The zero-order valence-corrected chi connectivity index (χ0v) is 11.9. The molecule has 16 heavy (non-hydrogen) atoms. The molecular formula is C8H7BF3KN2O. The SMILES string of the molecule is Cn1c(=O)[nH]c2ccc([B-](F)(F)F)cc21.[K+]. The number of fused-ring (bicyclic) bond motifs is 1. The van der Waals surface area contributed by atoms with Crippen LogP contribution < -0.4 is 62.5 Å². The molecule has 0 aliphatic rings. The molecule has 80 valence electrons. The van der Waals surface area contributed by atoms with Crippen LogP contribution in [0.4, 0.5) is 12.9 Å². The summed E-state index contributed by atoms with van der Waals surface area (Å²) in [6.45, 7) is -5.02. The van der Waals surface area contributed by atoms with E-state index in [1.54, 1.807) is 0 Å². The van der Waals surface area contributed by atoms with E-state index >= 15 is 0 Å². The maximum atomic E-state index is 12.4. The van der Waals surface area contributed by atoms with Crippen LogP contribution in [0.2, 0.25) is 0 Å². The van der Waals surface area contributed by atoms with Crippen molar-refractivity contribution in [1.82, 2.24) is 9.55 Å². The first-order valence-electron chi connectivity index (χ1n) is 4.28. The van der Waals surface area contributed by atoms with E-state index in [1.165, 1.54) is 13.1 Å². The summed E-state index contributed by atoms with van der Waals surface area (Å²) in [5, 5.41) is 0. The quantitative estimate of drug-likeness (QED) is 0.583. The molecule has 1 aromatic heterocycles. The fraction of sp³-hybridized carbons (Fsp3) is 0.125. The Morgan fingerprint density at radius 1 is 1.31 bits per heavy atom. The van der Waals surface area contributed by atoms with E-state index in [4.69, 9.17) is 0 Å². The second-order valence-electron chi connectivity index (χ2n) is 3.34. The zero-order valence-electron chi connectivity index (χ0n) is 8.80. The molecule has 0 aliphatic carbocycles. The Morgan fingerprint density at radius 2 is 1.94 bits per heavy atom. The molecule has 1 N–H and O–H groups in total. The average molecular weight is 254 g/mol. The number of aromatic nitrogens is 2. The van der Waals surface area contributed by atoms with Crippen molar-refractivity contribution in [1.29, 1.82) is 0 Å². The minimum Gasteiger partial charge on any atom is -0.445 e. The standard InChI is InChI=1S/C8H7BF3N2O.K/c1-14-7-4-5(9(10,11)12)2-3-6(7)13-8(14)15;/h2-4H,1H3,(H,13,15);/q-1;+1. The second-order valence-corrected chi connectivity index (χ2v) is 3.34. The number of benzene rings is 1. The molecule has 8 heteroatoms. The van der Waals surface area contributed by atoms with Crippen LogP contribution in [0.25, 0.3) is 11.0 Å². The van der Waals surface area contributed by atoms with E-state index in [0.717, 1.165) is 16.7 Å². The normalized spacial score (nSPS) is 11.5. The van der Waals surface area contributed by atoms with Crippen LogP contribution >= 0.6 is 0 Å². The van der Waals surface area contributed by atoms with Gasteiger partial charge in [-0.25, -0.2) is 4.79 Å². The smallest absolute Gasteiger partial charge is 0.445 e. The van der Waals surface area contributed by atoms with Crippen LogP contribution in [0.1, 0.15) is 0 Å². The number of rotatable bonds is 1. The number of hydrogen-bond acceptors (Lipinski definition) is 1. The van der Waals surface area contributed by atoms with Gasteiger partial charge in [0.25, 0.3) is 0 Å². The van der Waals surface area contributed by atoms with Crippen molar-refractivity contribution < 1.29 is 64.3 Å². The first-order chi connectivity index (χ1) is 6.89. The van der Waals surface area contributed by atoms with Crippen molar-refractivity contribution in [3.05, 3.63) is 28.7 Å². The van der Waals surface area contributed by atoms with Crippen LogP contribution in [0.15, 0.2) is 23.0 Å². The summed E-state index contributed by atoms with van der Waals surface area (Å²) in [7, 11) is 1.42. The molecule has 0 fully saturated rings. The van der Waals surface area contributed by atoms with Crippen molar-refractivity contribution in [2.75, 3.05) is 0 Å². The summed E-state index contributed by atoms with van der Waals surface area (Å²) in [4.78, 5) is 13.6. The topological polar surface area (TPSA) is 37.8 Å². The van der Waals surface area contributed by atoms with Crippen molar-refractivity contribution in [3.63, 3.8) is 0 Å². The van der Waals surface area contributed by atoms with Crippen molar-refractivity contribution in [2.45, 2.75) is 0 Å². The van der Waals surface area contributed by atoms with Gasteiger partial charge in [0.2, 0.25) is 0 Å². The number of H-pyrrole nitrogens is 1. The fourth-order valence-corrected chi connectivity index (χ4v) is 1.44. The molecule has 0 saturated carbocycles. The van der Waals surface area contributed by atoms with E-state index in [9.17, 15) is 17.7 Å². The van der Waals surface area contributed by atoms with Crippen LogP contribution in [0.3, 0.4) is 0 Å². The number of aromatic amines is 1. The van der Waals surface area contributed by atoms with Gasteiger partial charge in [-0.1, -0.05) is 12.1 Å². The molecule has 0 radical (unpaired) electrons. The summed E-state index contributed by atoms with van der Waals surface area (Å²) in [5.41, 5.74) is -0.447. The number of halogens is 3. The van der Waals surface area contributed by atoms with E-state index in [0.29, 0.717) is 5.52 Å². The van der Waals surface area contributed by atoms with Crippen molar-refractivity contribution in [2.24, 2.45) is 7.05 Å². The van der Waals surface area contributed by atoms with Gasteiger partial charge in [0.15, 0.2) is 0 Å². The minimum atomic E-state index is -5.02. The summed E-state index contributed by atoms with van der Waals surface area (Å²) in [5.74, 6) is 0. The number of nitrogens with zero attached hydrogens (tertiary/aromatic N) is 1. The molecule has 1 heterocycles. The van der Waals surface area contributed by atoms with Gasteiger partial charge < -0.3 is 17.9 Å². The second kappa shape index (κ2) is 4.69. The summed E-state index contributed by atoms with van der Waals surface area (Å²) in [6.07, 6.45) is 0. The molecule has 0 unspecified atom stereocenters. The third-order valence-corrected chi connectivity index (χ3v) is 2.31. The van der Waals surface area contributed by atoms with Crippen molar-refractivity contribution in [3.8, 4) is 0 Å². The van der Waals surface area contributed by atoms with Crippen LogP contribution in [0.5, 0.6) is 0 Å². The van der Waals surface area contributed by atoms with Crippen LogP contribution in [0, 0.1) is 0 Å². The first-order valence-corrected chi connectivity index (χ1v) is 4.28. The molecule has 0 spiro atoms. The molecule has 0 bridgehead atoms. The molecule has 0 saturated heterocycles. The molecule has 0 atom stereocenters. The van der Waals surface area contributed by atoms with Gasteiger partial charge in [-0.15, -0.1) is 5.46 Å². The monoisotopic (exact) mass is 254 g/mol. The van der Waals surface area contributed by atoms with E-state index in [-0.39, 0.29) is 56.9 Å². The predicted octanol–water partition coefficient (Wildman–Crippen LogP) is -2.07. The zero-order chi connectivity index (χ0) is 11.2. The summed E-state index contributed by atoms with van der Waals surface area (Å²) >= 11 is 0. The van der Waals surface area contributed by atoms with Gasteiger partial charge in [0, 0.05) is 7.05 Å². The number of aryl methyl sites for hydroxylation is 1. The molecule has 2 aromatic rings. The van der Waals surface area contributed by atoms with Gasteiger partial charge in [-0.05, 0) is 6.07 Å². The van der Waals surface area contributed by atoms with Crippen molar-refractivity contribution >= 4 is 23.5 Å². The largest absolute Gasteiger partial charge is 1.00 e. The minimum absolute atomic E-state index is 0.